The van der Waals surface area contributed by atoms with Gasteiger partial charge >= 0.3 is 0 Å². The number of anilines is 1. The van der Waals surface area contributed by atoms with Crippen LogP contribution in [0, 0.1) is 13.8 Å². The maximum atomic E-state index is 5.93. The molecule has 3 nitrogen and oxygen atoms in total. The molecule has 0 unspecified atom stereocenters. The number of hydrogen-bond acceptors (Lipinski definition) is 2. The monoisotopic (exact) mass is 229 g/mol. The maximum Gasteiger partial charge on any atom is 0.0826 e. The van der Waals surface area contributed by atoms with Crippen LogP contribution in [-0.2, 0) is 0 Å². The van der Waals surface area contributed by atoms with E-state index in [0.29, 0.717) is 6.04 Å². The Balaban J connectivity index is 0.00000112. The maximum absolute atomic E-state index is 5.93. The van der Waals surface area contributed by atoms with Gasteiger partial charge in [0.2, 0.25) is 0 Å². The van der Waals surface area contributed by atoms with Crippen molar-refractivity contribution in [2.24, 2.45) is 0 Å². The molecule has 0 aromatic carbocycles. The van der Waals surface area contributed by atoms with E-state index < -0.39 is 0 Å². The lowest BCUT2D eigenvalue weighted by atomic mass is 9.95. The predicted molar refractivity (Wildman–Crippen MR) is 65.5 cm³/mol. The van der Waals surface area contributed by atoms with Gasteiger partial charge in [-0.25, -0.2) is 0 Å². The van der Waals surface area contributed by atoms with Gasteiger partial charge in [0, 0.05) is 0 Å². The number of halogens is 1. The molecular formula is C11H20ClN3. The third-order valence-electron chi connectivity index (χ3n) is 3.30. The van der Waals surface area contributed by atoms with E-state index in [9.17, 15) is 0 Å². The minimum Gasteiger partial charge on any atom is -0.396 e. The second-order valence-corrected chi connectivity index (χ2v) is 4.32. The molecule has 1 aromatic heterocycles. The second-order valence-electron chi connectivity index (χ2n) is 4.32. The summed E-state index contributed by atoms with van der Waals surface area (Å²) >= 11 is 0. The van der Waals surface area contributed by atoms with Crippen molar-refractivity contribution in [3.8, 4) is 0 Å². The molecule has 0 amide bonds. The molecule has 0 aliphatic heterocycles. The van der Waals surface area contributed by atoms with Gasteiger partial charge in [0.25, 0.3) is 0 Å². The SMILES string of the molecule is Cc1nn(C2CCCCC2)c(C)c1N.Cl. The van der Waals surface area contributed by atoms with Crippen LogP contribution in [0.25, 0.3) is 0 Å². The Labute approximate surface area is 97.4 Å². The quantitative estimate of drug-likeness (QED) is 0.805. The molecule has 0 radical (unpaired) electrons. The molecule has 0 bridgehead atoms. The Bertz CT molecular complexity index is 327. The van der Waals surface area contributed by atoms with Gasteiger partial charge in [-0.2, -0.15) is 5.10 Å². The Morgan fingerprint density at radius 1 is 1.20 bits per heavy atom. The largest absolute Gasteiger partial charge is 0.396 e. The normalized spacial score (nSPS) is 17.5. The van der Waals surface area contributed by atoms with Crippen LogP contribution >= 0.6 is 12.4 Å². The van der Waals surface area contributed by atoms with Crippen LogP contribution in [-0.4, -0.2) is 9.78 Å². The molecule has 86 valence electrons. The van der Waals surface area contributed by atoms with E-state index in [1.54, 1.807) is 0 Å². The molecule has 1 aromatic rings. The first-order chi connectivity index (χ1) is 6.70. The van der Waals surface area contributed by atoms with Crippen molar-refractivity contribution in [1.29, 1.82) is 0 Å². The molecule has 1 heterocycles. The number of hydrogen-bond donors (Lipinski definition) is 1. The number of rotatable bonds is 1. The van der Waals surface area contributed by atoms with Crippen LogP contribution < -0.4 is 5.73 Å². The molecular weight excluding hydrogens is 210 g/mol. The van der Waals surface area contributed by atoms with Crippen LogP contribution in [0.2, 0.25) is 0 Å². The summed E-state index contributed by atoms with van der Waals surface area (Å²) in [5.41, 5.74) is 8.92. The zero-order chi connectivity index (χ0) is 10.1. The van der Waals surface area contributed by atoms with E-state index in [0.717, 1.165) is 17.1 Å². The molecule has 0 saturated heterocycles. The predicted octanol–water partition coefficient (Wildman–Crippen LogP) is 3.01. The van der Waals surface area contributed by atoms with Gasteiger partial charge in [-0.3, -0.25) is 4.68 Å². The van der Waals surface area contributed by atoms with Crippen LogP contribution in [0.3, 0.4) is 0 Å². The Kier molecular flexibility index (Phi) is 4.03. The van der Waals surface area contributed by atoms with Crippen LogP contribution in [0.15, 0.2) is 0 Å². The molecule has 1 saturated carbocycles. The first-order valence-electron chi connectivity index (χ1n) is 5.51. The van der Waals surface area contributed by atoms with Crippen molar-refractivity contribution in [1.82, 2.24) is 9.78 Å². The summed E-state index contributed by atoms with van der Waals surface area (Å²) in [4.78, 5) is 0. The molecule has 0 atom stereocenters. The van der Waals surface area contributed by atoms with Gasteiger partial charge < -0.3 is 5.73 Å². The summed E-state index contributed by atoms with van der Waals surface area (Å²) < 4.78 is 2.14. The first-order valence-corrected chi connectivity index (χ1v) is 5.51. The minimum atomic E-state index is 0. The zero-order valence-electron chi connectivity index (χ0n) is 9.49. The second kappa shape index (κ2) is 4.88. The number of aromatic nitrogens is 2. The number of nitrogen functional groups attached to an aromatic ring is 1. The summed E-state index contributed by atoms with van der Waals surface area (Å²) in [7, 11) is 0. The van der Waals surface area contributed by atoms with E-state index in [2.05, 4.69) is 16.7 Å². The third-order valence-corrected chi connectivity index (χ3v) is 3.30. The smallest absolute Gasteiger partial charge is 0.0826 e. The lowest BCUT2D eigenvalue weighted by Crippen LogP contribution is -2.15. The average molecular weight is 230 g/mol. The summed E-state index contributed by atoms with van der Waals surface area (Å²) in [6.07, 6.45) is 6.58. The van der Waals surface area contributed by atoms with E-state index >= 15 is 0 Å². The van der Waals surface area contributed by atoms with Gasteiger partial charge in [0.05, 0.1) is 23.1 Å². The minimum absolute atomic E-state index is 0. The molecule has 1 aliphatic rings. The van der Waals surface area contributed by atoms with Crippen molar-refractivity contribution < 1.29 is 0 Å². The van der Waals surface area contributed by atoms with Crippen molar-refractivity contribution in [2.75, 3.05) is 5.73 Å². The highest BCUT2D eigenvalue weighted by atomic mass is 35.5. The fourth-order valence-electron chi connectivity index (χ4n) is 2.36. The molecule has 1 fully saturated rings. The Hall–Kier alpha value is -0.700. The fourth-order valence-corrected chi connectivity index (χ4v) is 2.36. The molecule has 15 heavy (non-hydrogen) atoms. The topological polar surface area (TPSA) is 43.8 Å². The molecule has 1 aliphatic carbocycles. The Morgan fingerprint density at radius 3 is 2.27 bits per heavy atom. The number of aryl methyl sites for hydroxylation is 1. The highest BCUT2D eigenvalue weighted by Crippen LogP contribution is 2.30. The van der Waals surface area contributed by atoms with E-state index in [1.807, 2.05) is 6.92 Å². The van der Waals surface area contributed by atoms with Crippen LogP contribution in [0.4, 0.5) is 5.69 Å². The fraction of sp³-hybridized carbons (Fsp3) is 0.727. The van der Waals surface area contributed by atoms with Gasteiger partial charge in [-0.05, 0) is 26.7 Å². The van der Waals surface area contributed by atoms with E-state index in [4.69, 9.17) is 5.73 Å². The summed E-state index contributed by atoms with van der Waals surface area (Å²) in [6.45, 7) is 4.06. The summed E-state index contributed by atoms with van der Waals surface area (Å²) in [6, 6.07) is 0.597. The lowest BCUT2D eigenvalue weighted by Gasteiger charge is -2.23. The first kappa shape index (κ1) is 12.4. The molecule has 2 rings (SSSR count). The van der Waals surface area contributed by atoms with Crippen molar-refractivity contribution in [2.45, 2.75) is 52.0 Å². The average Bonchev–Trinajstić information content (AvgIpc) is 2.47. The molecule has 2 N–H and O–H groups in total. The van der Waals surface area contributed by atoms with Gasteiger partial charge in [-0.15, -0.1) is 12.4 Å². The number of nitrogens with zero attached hydrogens (tertiary/aromatic N) is 2. The molecule has 0 spiro atoms. The van der Waals surface area contributed by atoms with E-state index in [1.165, 1.54) is 32.1 Å². The van der Waals surface area contributed by atoms with E-state index in [-0.39, 0.29) is 12.4 Å². The number of nitrogens with two attached hydrogens (primary N) is 1. The van der Waals surface area contributed by atoms with Crippen LogP contribution in [0.1, 0.15) is 49.5 Å². The Morgan fingerprint density at radius 2 is 1.80 bits per heavy atom. The third kappa shape index (κ3) is 2.28. The molecule has 4 heteroatoms. The van der Waals surface area contributed by atoms with Crippen molar-refractivity contribution in [3.63, 3.8) is 0 Å². The van der Waals surface area contributed by atoms with Crippen molar-refractivity contribution >= 4 is 18.1 Å². The lowest BCUT2D eigenvalue weighted by molar-refractivity contribution is 0.324. The summed E-state index contributed by atoms with van der Waals surface area (Å²) in [5, 5.41) is 4.53. The van der Waals surface area contributed by atoms with Crippen molar-refractivity contribution in [3.05, 3.63) is 11.4 Å². The zero-order valence-corrected chi connectivity index (χ0v) is 10.3. The summed E-state index contributed by atoms with van der Waals surface area (Å²) in [5.74, 6) is 0. The highest BCUT2D eigenvalue weighted by molar-refractivity contribution is 5.85. The van der Waals surface area contributed by atoms with Gasteiger partial charge in [0.15, 0.2) is 0 Å². The van der Waals surface area contributed by atoms with Crippen LogP contribution in [0.5, 0.6) is 0 Å². The van der Waals surface area contributed by atoms with Gasteiger partial charge in [-0.1, -0.05) is 19.3 Å². The van der Waals surface area contributed by atoms with Gasteiger partial charge in [0.1, 0.15) is 0 Å². The highest BCUT2D eigenvalue weighted by Gasteiger charge is 2.19. The standard InChI is InChI=1S/C11H19N3.ClH/c1-8-11(12)9(2)14(13-8)10-6-4-3-5-7-10;/h10H,3-7,12H2,1-2H3;1H.